The summed E-state index contributed by atoms with van der Waals surface area (Å²) in [6.45, 7) is 8.10. The Bertz CT molecular complexity index is 982. The van der Waals surface area contributed by atoms with Crippen LogP contribution in [0.3, 0.4) is 0 Å². The monoisotopic (exact) mass is 472 g/mol. The number of esters is 1. The van der Waals surface area contributed by atoms with Crippen molar-refractivity contribution >= 4 is 11.9 Å². The molecule has 1 saturated heterocycles. The van der Waals surface area contributed by atoms with Gasteiger partial charge in [-0.3, -0.25) is 14.5 Å². The highest BCUT2D eigenvalue weighted by molar-refractivity contribution is 5.78. The second-order valence-corrected chi connectivity index (χ2v) is 8.56. The van der Waals surface area contributed by atoms with Crippen molar-refractivity contribution < 1.29 is 28.2 Å². The number of hydrogen-bond donors (Lipinski definition) is 0. The van der Waals surface area contributed by atoms with Crippen LogP contribution < -0.4 is 9.47 Å². The Hall–Kier alpha value is -3.13. The summed E-state index contributed by atoms with van der Waals surface area (Å²) in [5.41, 5.74) is 1.79. The van der Waals surface area contributed by atoms with Gasteiger partial charge in [-0.2, -0.15) is 0 Å². The molecule has 1 aliphatic heterocycles. The van der Waals surface area contributed by atoms with E-state index in [9.17, 15) is 14.0 Å². The lowest BCUT2D eigenvalue weighted by molar-refractivity contribution is -0.142. The molecule has 34 heavy (non-hydrogen) atoms. The van der Waals surface area contributed by atoms with Gasteiger partial charge in [0.05, 0.1) is 20.1 Å². The van der Waals surface area contributed by atoms with E-state index in [2.05, 4.69) is 11.8 Å². The maximum atomic E-state index is 13.2. The molecule has 1 fully saturated rings. The van der Waals surface area contributed by atoms with Gasteiger partial charge in [0.15, 0.2) is 18.1 Å². The number of piperazine rings is 1. The fourth-order valence-electron chi connectivity index (χ4n) is 4.13. The van der Waals surface area contributed by atoms with Gasteiger partial charge in [0, 0.05) is 31.7 Å². The number of nitrogens with zero attached hydrogens (tertiary/aromatic N) is 2. The summed E-state index contributed by atoms with van der Waals surface area (Å²) in [7, 11) is 1.52. The number of ether oxygens (including phenoxy) is 3. The maximum absolute atomic E-state index is 13.2. The number of benzene rings is 2. The molecule has 2 aromatic carbocycles. The summed E-state index contributed by atoms with van der Waals surface area (Å²) in [6.07, 6.45) is 0.140. The standard InChI is InChI=1S/C26H33FN2O5/c1-5-33-26(31)13-21-8-11-23(24(12-21)32-4)34-17-25(30)29-15-18(2)28(14-19(29)3)16-20-6-9-22(27)10-7-20/h6-12,18-19H,5,13-17H2,1-4H3/t18-,19+/m1/s1. The topological polar surface area (TPSA) is 68.3 Å². The van der Waals surface area contributed by atoms with Crippen molar-refractivity contribution in [1.82, 2.24) is 9.80 Å². The van der Waals surface area contributed by atoms with Gasteiger partial charge in [-0.25, -0.2) is 4.39 Å². The first kappa shape index (κ1) is 25.5. The molecular formula is C26H33FN2O5. The molecule has 0 spiro atoms. The summed E-state index contributed by atoms with van der Waals surface area (Å²) in [6, 6.07) is 11.9. The number of carbonyl (C=O) groups excluding carboxylic acids is 2. The fraction of sp³-hybridized carbons (Fsp3) is 0.462. The second-order valence-electron chi connectivity index (χ2n) is 8.56. The molecule has 0 aliphatic carbocycles. The zero-order valence-electron chi connectivity index (χ0n) is 20.3. The van der Waals surface area contributed by atoms with E-state index in [4.69, 9.17) is 14.2 Å². The van der Waals surface area contributed by atoms with Crippen LogP contribution in [0.15, 0.2) is 42.5 Å². The van der Waals surface area contributed by atoms with Gasteiger partial charge in [0.2, 0.25) is 0 Å². The number of carbonyl (C=O) groups is 2. The molecule has 0 aromatic heterocycles. The van der Waals surface area contributed by atoms with Crippen LogP contribution in [0.2, 0.25) is 0 Å². The SMILES string of the molecule is CCOC(=O)Cc1ccc(OCC(=O)N2C[C@@H](C)N(Cc3ccc(F)cc3)C[C@@H]2C)c(OC)c1. The van der Waals surface area contributed by atoms with Gasteiger partial charge in [-0.15, -0.1) is 0 Å². The third-order valence-electron chi connectivity index (χ3n) is 5.97. The Balaban J connectivity index is 1.56. The quantitative estimate of drug-likeness (QED) is 0.521. The minimum absolute atomic E-state index is 0.0154. The van der Waals surface area contributed by atoms with Crippen molar-refractivity contribution in [2.24, 2.45) is 0 Å². The first-order chi connectivity index (χ1) is 16.3. The Morgan fingerprint density at radius 1 is 1.00 bits per heavy atom. The molecule has 1 amide bonds. The van der Waals surface area contributed by atoms with Crippen molar-refractivity contribution in [3.8, 4) is 11.5 Å². The zero-order valence-corrected chi connectivity index (χ0v) is 20.3. The number of methoxy groups -OCH3 is 1. The molecule has 1 heterocycles. The predicted octanol–water partition coefficient (Wildman–Crippen LogP) is 3.44. The third-order valence-corrected chi connectivity index (χ3v) is 5.97. The van der Waals surface area contributed by atoms with Crippen molar-refractivity contribution in [3.05, 3.63) is 59.4 Å². The molecule has 2 atom stereocenters. The Kier molecular flexibility index (Phi) is 8.87. The average Bonchev–Trinajstić information content (AvgIpc) is 2.81. The Labute approximate surface area is 200 Å². The highest BCUT2D eigenvalue weighted by atomic mass is 19.1. The number of amides is 1. The smallest absolute Gasteiger partial charge is 0.310 e. The largest absolute Gasteiger partial charge is 0.493 e. The average molecular weight is 473 g/mol. The summed E-state index contributed by atoms with van der Waals surface area (Å²) in [4.78, 5) is 28.8. The number of hydrogen-bond acceptors (Lipinski definition) is 6. The molecule has 0 bridgehead atoms. The van der Waals surface area contributed by atoms with Crippen molar-refractivity contribution in [2.45, 2.75) is 45.8 Å². The van der Waals surface area contributed by atoms with Crippen LogP contribution in [0.1, 0.15) is 31.9 Å². The summed E-state index contributed by atoms with van der Waals surface area (Å²) in [5.74, 6) is 0.249. The van der Waals surface area contributed by atoms with Gasteiger partial charge in [-0.05, 0) is 56.2 Å². The van der Waals surface area contributed by atoms with Crippen LogP contribution >= 0.6 is 0 Å². The number of halogens is 1. The lowest BCUT2D eigenvalue weighted by Crippen LogP contribution is -2.58. The Morgan fingerprint density at radius 3 is 2.38 bits per heavy atom. The van der Waals surface area contributed by atoms with Crippen molar-refractivity contribution in [1.29, 1.82) is 0 Å². The van der Waals surface area contributed by atoms with E-state index in [1.54, 1.807) is 37.3 Å². The molecular weight excluding hydrogens is 439 g/mol. The maximum Gasteiger partial charge on any atom is 0.310 e. The molecule has 0 unspecified atom stereocenters. The van der Waals surface area contributed by atoms with E-state index in [-0.39, 0.29) is 42.8 Å². The van der Waals surface area contributed by atoms with Crippen LogP contribution in [0.4, 0.5) is 4.39 Å². The Morgan fingerprint density at radius 2 is 1.71 bits per heavy atom. The second kappa shape index (κ2) is 11.8. The van der Waals surface area contributed by atoms with Crippen LogP contribution in [0.5, 0.6) is 11.5 Å². The highest BCUT2D eigenvalue weighted by Crippen LogP contribution is 2.29. The molecule has 0 N–H and O–H groups in total. The molecule has 3 rings (SSSR count). The highest BCUT2D eigenvalue weighted by Gasteiger charge is 2.32. The molecule has 2 aromatic rings. The molecule has 0 radical (unpaired) electrons. The molecule has 1 aliphatic rings. The lowest BCUT2D eigenvalue weighted by Gasteiger charge is -2.44. The van der Waals surface area contributed by atoms with Crippen molar-refractivity contribution in [3.63, 3.8) is 0 Å². The predicted molar refractivity (Wildman–Crippen MR) is 126 cm³/mol. The fourth-order valence-corrected chi connectivity index (χ4v) is 4.13. The minimum Gasteiger partial charge on any atom is -0.493 e. The van der Waals surface area contributed by atoms with Crippen molar-refractivity contribution in [2.75, 3.05) is 33.4 Å². The first-order valence-electron chi connectivity index (χ1n) is 11.5. The summed E-state index contributed by atoms with van der Waals surface area (Å²) in [5, 5.41) is 0. The van der Waals surface area contributed by atoms with E-state index in [0.717, 1.165) is 17.7 Å². The normalized spacial score (nSPS) is 18.4. The van der Waals surface area contributed by atoms with Gasteiger partial charge in [0.1, 0.15) is 5.82 Å². The first-order valence-corrected chi connectivity index (χ1v) is 11.5. The van der Waals surface area contributed by atoms with E-state index < -0.39 is 0 Å². The molecule has 8 heteroatoms. The summed E-state index contributed by atoms with van der Waals surface area (Å²) < 4.78 is 29.3. The molecule has 184 valence electrons. The van der Waals surface area contributed by atoms with E-state index in [0.29, 0.717) is 31.2 Å². The van der Waals surface area contributed by atoms with Crippen LogP contribution in [0, 0.1) is 5.82 Å². The summed E-state index contributed by atoms with van der Waals surface area (Å²) >= 11 is 0. The van der Waals surface area contributed by atoms with E-state index in [1.807, 2.05) is 11.8 Å². The van der Waals surface area contributed by atoms with Gasteiger partial charge in [0.25, 0.3) is 5.91 Å². The molecule has 7 nitrogen and oxygen atoms in total. The van der Waals surface area contributed by atoms with Gasteiger partial charge >= 0.3 is 5.97 Å². The van der Waals surface area contributed by atoms with E-state index >= 15 is 0 Å². The van der Waals surface area contributed by atoms with Gasteiger partial charge in [-0.1, -0.05) is 18.2 Å². The zero-order chi connectivity index (χ0) is 24.7. The van der Waals surface area contributed by atoms with E-state index in [1.165, 1.54) is 19.2 Å². The van der Waals surface area contributed by atoms with Gasteiger partial charge < -0.3 is 19.1 Å². The van der Waals surface area contributed by atoms with Crippen LogP contribution in [-0.2, 0) is 27.3 Å². The third kappa shape index (κ3) is 6.70. The van der Waals surface area contributed by atoms with Crippen LogP contribution in [0.25, 0.3) is 0 Å². The molecule has 0 saturated carbocycles. The minimum atomic E-state index is -0.310. The lowest BCUT2D eigenvalue weighted by atomic mass is 10.1. The van der Waals surface area contributed by atoms with Crippen LogP contribution in [-0.4, -0.2) is 67.2 Å². The number of rotatable bonds is 9.